The predicted molar refractivity (Wildman–Crippen MR) is 74.5 cm³/mol. The van der Waals surface area contributed by atoms with Crippen LogP contribution in [0.25, 0.3) is 17.3 Å². The summed E-state index contributed by atoms with van der Waals surface area (Å²) >= 11 is 0. The number of nitrogens with zero attached hydrogens (tertiary/aromatic N) is 6. The van der Waals surface area contributed by atoms with Gasteiger partial charge in [0.05, 0.1) is 0 Å². The quantitative estimate of drug-likeness (QED) is 0.774. The van der Waals surface area contributed by atoms with Gasteiger partial charge in [-0.1, -0.05) is 0 Å². The highest BCUT2D eigenvalue weighted by Crippen LogP contribution is 2.17. The van der Waals surface area contributed by atoms with Crippen LogP contribution >= 0.6 is 0 Å². The number of anilines is 1. The molecule has 0 saturated carbocycles. The summed E-state index contributed by atoms with van der Waals surface area (Å²) in [6.45, 7) is 1.98. The molecule has 0 aliphatic rings. The lowest BCUT2D eigenvalue weighted by molar-refractivity contribution is 0.799. The first-order valence-corrected chi connectivity index (χ1v) is 6.12. The van der Waals surface area contributed by atoms with E-state index in [-0.39, 0.29) is 0 Å². The van der Waals surface area contributed by atoms with Gasteiger partial charge < -0.3 is 5.32 Å². The van der Waals surface area contributed by atoms with E-state index in [1.165, 1.54) is 0 Å². The Hall–Kier alpha value is -2.83. The standard InChI is InChI=1S/C13H13N7/c1-9-6-10(8-15-7-9)11-17-12(14-2)19-13(18-11)20-5-3-4-16-20/h3-8H,1-2H3,(H,14,17,18,19). The molecule has 0 fully saturated rings. The highest BCUT2D eigenvalue weighted by atomic mass is 15.4. The van der Waals surface area contributed by atoms with Crippen molar-refractivity contribution in [2.75, 3.05) is 12.4 Å². The lowest BCUT2D eigenvalue weighted by Crippen LogP contribution is -2.08. The molecule has 20 heavy (non-hydrogen) atoms. The number of hydrogen-bond acceptors (Lipinski definition) is 6. The van der Waals surface area contributed by atoms with Gasteiger partial charge in [-0.05, 0) is 24.6 Å². The molecular weight excluding hydrogens is 254 g/mol. The van der Waals surface area contributed by atoms with Crippen molar-refractivity contribution in [2.24, 2.45) is 0 Å². The maximum absolute atomic E-state index is 4.43. The normalized spacial score (nSPS) is 10.5. The summed E-state index contributed by atoms with van der Waals surface area (Å²) < 4.78 is 1.59. The Bertz CT molecular complexity index is 721. The summed E-state index contributed by atoms with van der Waals surface area (Å²) in [5.74, 6) is 1.51. The van der Waals surface area contributed by atoms with Crippen molar-refractivity contribution in [1.29, 1.82) is 0 Å². The van der Waals surface area contributed by atoms with Gasteiger partial charge in [-0.3, -0.25) is 4.98 Å². The molecule has 7 nitrogen and oxygen atoms in total. The van der Waals surface area contributed by atoms with Gasteiger partial charge in [0, 0.05) is 37.4 Å². The van der Waals surface area contributed by atoms with Gasteiger partial charge in [0.2, 0.25) is 5.95 Å². The summed E-state index contributed by atoms with van der Waals surface area (Å²) in [5, 5.41) is 7.07. The molecule has 100 valence electrons. The van der Waals surface area contributed by atoms with Crippen molar-refractivity contribution in [3.63, 3.8) is 0 Å². The van der Waals surface area contributed by atoms with Gasteiger partial charge in [0.15, 0.2) is 5.82 Å². The zero-order valence-electron chi connectivity index (χ0n) is 11.1. The van der Waals surface area contributed by atoms with E-state index >= 15 is 0 Å². The topological polar surface area (TPSA) is 81.4 Å². The highest BCUT2D eigenvalue weighted by Gasteiger charge is 2.10. The summed E-state index contributed by atoms with van der Waals surface area (Å²) in [7, 11) is 1.76. The van der Waals surface area contributed by atoms with Crippen LogP contribution in [0.5, 0.6) is 0 Å². The number of hydrogen-bond donors (Lipinski definition) is 1. The van der Waals surface area contributed by atoms with Crippen LogP contribution in [-0.2, 0) is 0 Å². The minimum atomic E-state index is 0.464. The van der Waals surface area contributed by atoms with Crippen LogP contribution in [0.3, 0.4) is 0 Å². The summed E-state index contributed by atoms with van der Waals surface area (Å²) in [5.41, 5.74) is 1.90. The van der Waals surface area contributed by atoms with Crippen molar-refractivity contribution in [3.8, 4) is 17.3 Å². The van der Waals surface area contributed by atoms with E-state index in [4.69, 9.17) is 0 Å². The molecule has 0 aliphatic carbocycles. The van der Waals surface area contributed by atoms with Crippen LogP contribution in [-0.4, -0.2) is 36.8 Å². The molecule has 0 spiro atoms. The lowest BCUT2D eigenvalue weighted by atomic mass is 10.2. The van der Waals surface area contributed by atoms with Crippen LogP contribution < -0.4 is 5.32 Å². The van der Waals surface area contributed by atoms with Gasteiger partial charge >= 0.3 is 0 Å². The Kier molecular flexibility index (Phi) is 3.08. The van der Waals surface area contributed by atoms with Gasteiger partial charge in [-0.15, -0.1) is 0 Å². The lowest BCUT2D eigenvalue weighted by Gasteiger charge is -2.06. The zero-order chi connectivity index (χ0) is 13.9. The van der Waals surface area contributed by atoms with E-state index < -0.39 is 0 Å². The van der Waals surface area contributed by atoms with E-state index in [0.29, 0.717) is 17.7 Å². The van der Waals surface area contributed by atoms with Gasteiger partial charge in [-0.25, -0.2) is 4.68 Å². The van der Waals surface area contributed by atoms with E-state index in [1.54, 1.807) is 36.5 Å². The van der Waals surface area contributed by atoms with E-state index in [1.807, 2.05) is 19.1 Å². The van der Waals surface area contributed by atoms with Crippen molar-refractivity contribution in [3.05, 3.63) is 42.5 Å². The number of rotatable bonds is 3. The SMILES string of the molecule is CNc1nc(-c2cncc(C)c2)nc(-n2cccn2)n1. The van der Waals surface area contributed by atoms with Crippen LogP contribution in [0.4, 0.5) is 5.95 Å². The monoisotopic (exact) mass is 267 g/mol. The molecule has 0 aromatic carbocycles. The fourth-order valence-electron chi connectivity index (χ4n) is 1.77. The van der Waals surface area contributed by atoms with Crippen molar-refractivity contribution in [2.45, 2.75) is 6.92 Å². The van der Waals surface area contributed by atoms with Crippen LogP contribution in [0, 0.1) is 6.92 Å². The average Bonchev–Trinajstić information content (AvgIpc) is 3.01. The second kappa shape index (κ2) is 5.04. The highest BCUT2D eigenvalue weighted by molar-refractivity contribution is 5.56. The fraction of sp³-hybridized carbons (Fsp3) is 0.154. The zero-order valence-corrected chi connectivity index (χ0v) is 11.1. The van der Waals surface area contributed by atoms with E-state index in [2.05, 4.69) is 30.4 Å². The molecular formula is C13H13N7. The average molecular weight is 267 g/mol. The first-order chi connectivity index (χ1) is 9.76. The third-order valence-corrected chi connectivity index (χ3v) is 2.69. The van der Waals surface area contributed by atoms with Gasteiger partial charge in [0.25, 0.3) is 5.95 Å². The third kappa shape index (κ3) is 2.33. The van der Waals surface area contributed by atoms with Gasteiger partial charge in [0.1, 0.15) is 0 Å². The number of aryl methyl sites for hydroxylation is 1. The van der Waals surface area contributed by atoms with Gasteiger partial charge in [-0.2, -0.15) is 20.1 Å². The Morgan fingerprint density at radius 2 is 2.05 bits per heavy atom. The second-order valence-corrected chi connectivity index (χ2v) is 4.23. The molecule has 7 heteroatoms. The first-order valence-electron chi connectivity index (χ1n) is 6.12. The Morgan fingerprint density at radius 3 is 2.75 bits per heavy atom. The van der Waals surface area contributed by atoms with Crippen LogP contribution in [0.1, 0.15) is 5.56 Å². The summed E-state index contributed by atoms with van der Waals surface area (Å²) in [6.07, 6.45) is 6.98. The molecule has 1 N–H and O–H groups in total. The predicted octanol–water partition coefficient (Wildman–Crippen LogP) is 1.47. The molecule has 3 rings (SSSR count). The summed E-state index contributed by atoms with van der Waals surface area (Å²) in [6, 6.07) is 3.80. The smallest absolute Gasteiger partial charge is 0.255 e. The second-order valence-electron chi connectivity index (χ2n) is 4.23. The molecule has 0 amide bonds. The third-order valence-electron chi connectivity index (χ3n) is 2.69. The molecule has 3 aromatic heterocycles. The van der Waals surface area contributed by atoms with Crippen molar-refractivity contribution >= 4 is 5.95 Å². The molecule has 3 aromatic rings. The molecule has 0 radical (unpaired) electrons. The molecule has 0 bridgehead atoms. The number of pyridine rings is 1. The molecule has 0 atom stereocenters. The molecule has 3 heterocycles. The molecule has 0 unspecified atom stereocenters. The number of aromatic nitrogens is 6. The first kappa shape index (κ1) is 12.2. The largest absolute Gasteiger partial charge is 0.357 e. The molecule has 0 aliphatic heterocycles. The maximum atomic E-state index is 4.43. The summed E-state index contributed by atoms with van der Waals surface area (Å²) in [4.78, 5) is 17.2. The minimum absolute atomic E-state index is 0.464. The van der Waals surface area contributed by atoms with Crippen molar-refractivity contribution < 1.29 is 0 Å². The molecule has 0 saturated heterocycles. The van der Waals surface area contributed by atoms with Crippen LogP contribution in [0.15, 0.2) is 36.9 Å². The van der Waals surface area contributed by atoms with E-state index in [9.17, 15) is 0 Å². The Morgan fingerprint density at radius 1 is 1.15 bits per heavy atom. The Balaban J connectivity index is 2.14. The minimum Gasteiger partial charge on any atom is -0.357 e. The fourth-order valence-corrected chi connectivity index (χ4v) is 1.77. The Labute approximate surface area is 115 Å². The van der Waals surface area contributed by atoms with E-state index in [0.717, 1.165) is 11.1 Å². The number of nitrogens with one attached hydrogen (secondary N) is 1. The van der Waals surface area contributed by atoms with Crippen LogP contribution in [0.2, 0.25) is 0 Å². The maximum Gasteiger partial charge on any atom is 0.255 e. The van der Waals surface area contributed by atoms with Crippen molar-refractivity contribution in [1.82, 2.24) is 29.7 Å².